The molecule has 0 aromatic heterocycles. The van der Waals surface area contributed by atoms with Gasteiger partial charge in [0, 0.05) is 0 Å². The van der Waals surface area contributed by atoms with Crippen molar-refractivity contribution >= 4 is 27.0 Å². The predicted octanol–water partition coefficient (Wildman–Crippen LogP) is 9.48. The van der Waals surface area contributed by atoms with E-state index in [0.717, 1.165) is 0 Å². The van der Waals surface area contributed by atoms with Crippen LogP contribution in [-0.4, -0.2) is 5.43 Å². The maximum absolute atomic E-state index is 2.38. The minimum absolute atomic E-state index is 0. The van der Waals surface area contributed by atoms with Crippen LogP contribution in [0.3, 0.4) is 0 Å². The van der Waals surface area contributed by atoms with E-state index in [4.69, 9.17) is 0 Å². The number of halogens is 2. The van der Waals surface area contributed by atoms with Crippen LogP contribution in [0.1, 0.15) is 127 Å². The van der Waals surface area contributed by atoms with Gasteiger partial charge >= 0.3 is 41.9 Å². The van der Waals surface area contributed by atoms with Crippen LogP contribution in [0.2, 0.25) is 13.1 Å². The molecule has 2 unspecified atom stereocenters. The van der Waals surface area contributed by atoms with Crippen molar-refractivity contribution < 1.29 is 48.1 Å². The Bertz CT molecular complexity index is 1950. The van der Waals surface area contributed by atoms with E-state index in [0.29, 0.717) is 11.8 Å². The van der Waals surface area contributed by atoms with Crippen LogP contribution in [0, 0.1) is 13.8 Å². The molecule has 0 heterocycles. The van der Waals surface area contributed by atoms with E-state index < -0.39 is 0 Å². The van der Waals surface area contributed by atoms with E-state index in [9.17, 15) is 0 Å². The van der Waals surface area contributed by atoms with Crippen LogP contribution in [0.4, 0.5) is 0 Å². The molecule has 6 aromatic rings. The summed E-state index contributed by atoms with van der Waals surface area (Å²) in [5.74, 6) is 1.26. The van der Waals surface area contributed by atoms with Crippen molar-refractivity contribution in [2.24, 2.45) is 0 Å². The minimum atomic E-state index is 0. The third kappa shape index (κ3) is 11.4. The Morgan fingerprint density at radius 1 is 0.556 bits per heavy atom. The monoisotopic (exact) mass is 852 g/mol. The van der Waals surface area contributed by atoms with Crippen LogP contribution in [0.15, 0.2) is 97.1 Å². The van der Waals surface area contributed by atoms with Crippen molar-refractivity contribution in [1.82, 2.24) is 0 Å². The van der Waals surface area contributed by atoms with E-state index in [2.05, 4.69) is 193 Å². The average molecular weight is 855 g/mol. The quantitative estimate of drug-likeness (QED) is 0.116. The number of rotatable bonds is 6. The van der Waals surface area contributed by atoms with Crippen LogP contribution in [0.5, 0.6) is 0 Å². The van der Waals surface area contributed by atoms with Gasteiger partial charge in [0.15, 0.2) is 0 Å². The second-order valence-corrected chi connectivity index (χ2v) is 26.6. The van der Waals surface area contributed by atoms with Crippen LogP contribution in [-0.2, 0) is 34.2 Å². The number of fused-ring (bicyclic) bond motifs is 2. The summed E-state index contributed by atoms with van der Waals surface area (Å²) in [6.45, 7) is 32.1. The molecule has 0 saturated heterocycles. The maximum Gasteiger partial charge on any atom is -1.00 e. The summed E-state index contributed by atoms with van der Waals surface area (Å²) in [7, 11) is 0. The van der Waals surface area contributed by atoms with Crippen molar-refractivity contribution in [3.05, 3.63) is 130 Å². The zero-order valence-corrected chi connectivity index (χ0v) is 40.5. The van der Waals surface area contributed by atoms with E-state index in [1.165, 1.54) is 90.0 Å². The largest absolute Gasteiger partial charge is 1.00 e. The molecule has 288 valence electrons. The summed E-state index contributed by atoms with van der Waals surface area (Å²) < 4.78 is 0. The first kappa shape index (κ1) is 47.9. The molecule has 0 radical (unpaired) electrons. The molecule has 0 N–H and O–H groups in total. The van der Waals surface area contributed by atoms with Crippen LogP contribution >= 0.6 is 0 Å². The number of benzene rings is 4. The molecule has 0 nitrogen and oxygen atoms in total. The van der Waals surface area contributed by atoms with Gasteiger partial charge < -0.3 is 24.8 Å². The summed E-state index contributed by atoms with van der Waals surface area (Å²) in [4.78, 5) is 0. The van der Waals surface area contributed by atoms with E-state index in [-0.39, 0.29) is 41.1 Å². The number of aryl methyl sites for hydroxylation is 2. The first-order valence-electron chi connectivity index (χ1n) is 19.5. The molecule has 6 rings (SSSR count). The summed E-state index contributed by atoms with van der Waals surface area (Å²) in [5, 5.41) is 5.55. The average Bonchev–Trinajstić information content (AvgIpc) is 3.65. The van der Waals surface area contributed by atoms with Crippen LogP contribution in [0.25, 0.3) is 43.8 Å². The molecule has 0 aliphatic carbocycles. The van der Waals surface area contributed by atoms with E-state index in [1.807, 2.05) is 0 Å². The van der Waals surface area contributed by atoms with Gasteiger partial charge in [0.05, 0.1) is 0 Å². The third-order valence-corrected chi connectivity index (χ3v) is 10.8. The fourth-order valence-electron chi connectivity index (χ4n) is 7.51. The fourth-order valence-corrected chi connectivity index (χ4v) is 7.51. The molecule has 2 atom stereocenters. The number of hydrogen-bond donors (Lipinski definition) is 0. The predicted molar refractivity (Wildman–Crippen MR) is 232 cm³/mol. The molecular weight excluding hydrogens is 791 g/mol. The first-order chi connectivity index (χ1) is 24.4. The molecule has 0 bridgehead atoms. The van der Waals surface area contributed by atoms with E-state index in [1.54, 1.807) is 23.3 Å². The molecule has 54 heavy (non-hydrogen) atoms. The Labute approximate surface area is 356 Å². The second kappa shape index (κ2) is 20.3. The van der Waals surface area contributed by atoms with Gasteiger partial charge in [-0.3, -0.25) is 0 Å². The summed E-state index contributed by atoms with van der Waals surface area (Å²) in [6.07, 6.45) is 2.37. The van der Waals surface area contributed by atoms with Gasteiger partial charge in [0.25, 0.3) is 0 Å². The van der Waals surface area contributed by atoms with Gasteiger partial charge in [-0.1, -0.05) is 155 Å². The second-order valence-electron chi connectivity index (χ2n) is 17.3. The summed E-state index contributed by atoms with van der Waals surface area (Å²) in [6, 6.07) is 36.5. The Balaban J connectivity index is 0.000000329. The Morgan fingerprint density at radius 2 is 0.852 bits per heavy atom. The Kier molecular flexibility index (Phi) is 18.0. The molecule has 6 aromatic carbocycles. The topological polar surface area (TPSA) is 0 Å². The fraction of sp³-hybridized carbons (Fsp3) is 0.400. The molecule has 0 saturated carbocycles. The molecule has 0 fully saturated rings. The molecule has 0 aliphatic heterocycles. The standard InChI is InChI=1S/2C24H29.C2H6Si.2ClH.Zr/c2*1-7-16(2)18-11-13-19(14-12-18)21-10-8-9-20-15-22(24(4,5)6)17(3)23(20)21;1-3-2;;;/h2*8-16H,7H2,1-6H3;1-2H3;2*1H;/q2*-1;;;;+2/p-2. The van der Waals surface area contributed by atoms with Crippen molar-refractivity contribution in [3.63, 3.8) is 0 Å². The van der Waals surface area contributed by atoms with Gasteiger partial charge in [-0.25, -0.2) is 0 Å². The maximum atomic E-state index is 2.38. The van der Waals surface area contributed by atoms with Gasteiger partial charge in [0.2, 0.25) is 0 Å². The minimum Gasteiger partial charge on any atom is -1.00 e. The Hall–Kier alpha value is -2.22. The molecule has 0 spiro atoms. The molecule has 0 aliphatic rings. The first-order valence-corrected chi connectivity index (χ1v) is 25.7. The van der Waals surface area contributed by atoms with Gasteiger partial charge in [-0.05, 0) is 57.8 Å². The van der Waals surface area contributed by atoms with Gasteiger partial charge in [-0.2, -0.15) is 11.1 Å². The molecule has 4 heteroatoms. The smallest absolute Gasteiger partial charge is 1.00 e. The Morgan fingerprint density at radius 3 is 1.11 bits per heavy atom. The van der Waals surface area contributed by atoms with Gasteiger partial charge in [-0.15, -0.1) is 69.1 Å². The number of hydrogen-bond acceptors (Lipinski definition) is 0. The van der Waals surface area contributed by atoms with Crippen molar-refractivity contribution in [3.8, 4) is 22.3 Å². The normalized spacial score (nSPS) is 12.4. The molecular formula is C50H64Cl2SiZr-2. The molecule has 0 amide bonds. The zero-order chi connectivity index (χ0) is 38.5. The van der Waals surface area contributed by atoms with Gasteiger partial charge in [0.1, 0.15) is 0 Å². The van der Waals surface area contributed by atoms with E-state index >= 15 is 0 Å². The van der Waals surface area contributed by atoms with Crippen molar-refractivity contribution in [1.29, 1.82) is 0 Å². The van der Waals surface area contributed by atoms with Crippen molar-refractivity contribution in [2.75, 3.05) is 0 Å². The summed E-state index contributed by atoms with van der Waals surface area (Å²) in [5.41, 5.74) is 14.6. The summed E-state index contributed by atoms with van der Waals surface area (Å²) >= 11 is 1.74. The van der Waals surface area contributed by atoms with Crippen LogP contribution < -0.4 is 24.8 Å². The SMILES string of the molecule is CCC(C)c1ccc(-c2cccc3[cH-]c(C(C)(C)C)c(C)c23)cc1.CCC(C)c1ccc(-c2cccc3[cH-]c(C(C)(C)C)c(C)c23)cc1.C[Si](C)=[Zr+2].[Cl-].[Cl-]. The van der Waals surface area contributed by atoms with Crippen molar-refractivity contribution in [2.45, 2.75) is 132 Å². The zero-order valence-electron chi connectivity index (χ0n) is 35.6. The third-order valence-electron chi connectivity index (χ3n) is 10.8.